The number of thioether (sulfide) groups is 12. The SMILES string of the molecule is C1=C2SCSC3=CS/C(=C4/SC=C(SCSC5=CS/C(=C(\S1)S2)S5)S4)S3. The van der Waals surface area contributed by atoms with Crippen molar-refractivity contribution in [3.63, 3.8) is 0 Å². The first-order valence-corrected chi connectivity index (χ1v) is 17.7. The van der Waals surface area contributed by atoms with Crippen molar-refractivity contribution in [2.45, 2.75) is 0 Å². The summed E-state index contributed by atoms with van der Waals surface area (Å²) < 4.78 is 11.6. The van der Waals surface area contributed by atoms with Crippen LogP contribution >= 0.6 is 141 Å². The Morgan fingerprint density at radius 3 is 0.962 bits per heavy atom. The second-order valence-corrected chi connectivity index (χ2v) is 19.2. The predicted molar refractivity (Wildman–Crippen MR) is 147 cm³/mol. The van der Waals surface area contributed by atoms with Crippen LogP contribution in [0.5, 0.6) is 0 Å². The van der Waals surface area contributed by atoms with Crippen molar-refractivity contribution in [2.75, 3.05) is 10.2 Å². The van der Waals surface area contributed by atoms with Crippen molar-refractivity contribution in [1.29, 1.82) is 0 Å². The number of hydrogen-bond donors (Lipinski definition) is 0. The van der Waals surface area contributed by atoms with Crippen molar-refractivity contribution in [1.82, 2.24) is 0 Å². The van der Waals surface area contributed by atoms with Gasteiger partial charge in [0.25, 0.3) is 0 Å². The molecule has 12 heteroatoms. The summed E-state index contributed by atoms with van der Waals surface area (Å²) in [6.07, 6.45) is 0. The van der Waals surface area contributed by atoms with Crippen LogP contribution in [0, 0.1) is 0 Å². The van der Waals surface area contributed by atoms with Crippen molar-refractivity contribution < 1.29 is 0 Å². The average molecular weight is 561 g/mol. The standard InChI is InChI=1S/C14H8S12/c1-7-19-5-20-8-3-17-13(25-8)14-18-4-10(26-14)22-6-21-9-2-16-12(24-9)11(15-1)23-7/h1-4H,5-6H2/b12-11-,14-13+. The highest BCUT2D eigenvalue weighted by molar-refractivity contribution is 8.44. The van der Waals surface area contributed by atoms with Gasteiger partial charge in [-0.3, -0.25) is 0 Å². The summed E-state index contributed by atoms with van der Waals surface area (Å²) in [4.78, 5) is 0. The molecule has 0 radical (unpaired) electrons. The first-order valence-electron chi connectivity index (χ1n) is 7.02. The second kappa shape index (κ2) is 9.84. The Hall–Kier alpha value is 2.64. The fraction of sp³-hybridized carbons (Fsp3) is 0.143. The summed E-state index contributed by atoms with van der Waals surface area (Å²) in [5.41, 5.74) is 0. The highest BCUT2D eigenvalue weighted by Crippen LogP contribution is 2.62. The second-order valence-electron chi connectivity index (χ2n) is 4.59. The molecule has 0 saturated heterocycles. The van der Waals surface area contributed by atoms with Crippen LogP contribution in [0.1, 0.15) is 0 Å². The zero-order valence-electron chi connectivity index (χ0n) is 12.6. The third-order valence-corrected chi connectivity index (χ3v) is 19.2. The monoisotopic (exact) mass is 560 g/mol. The number of fused-ring (bicyclic) bond motifs is 8. The quantitative estimate of drug-likeness (QED) is 0.276. The van der Waals surface area contributed by atoms with Crippen LogP contribution in [-0.4, -0.2) is 10.2 Å². The zero-order valence-corrected chi connectivity index (χ0v) is 22.4. The molecular formula is C14H8S12. The lowest BCUT2D eigenvalue weighted by molar-refractivity contribution is 2.22. The van der Waals surface area contributed by atoms with E-state index in [4.69, 9.17) is 0 Å². The van der Waals surface area contributed by atoms with E-state index in [0.29, 0.717) is 0 Å². The molecule has 5 heterocycles. The third kappa shape index (κ3) is 5.09. The van der Waals surface area contributed by atoms with Crippen molar-refractivity contribution >= 4 is 141 Å². The molecule has 0 aromatic carbocycles. The summed E-state index contributed by atoms with van der Waals surface area (Å²) in [5.74, 6) is 0. The van der Waals surface area contributed by atoms with E-state index in [2.05, 4.69) is 21.6 Å². The Morgan fingerprint density at radius 2 is 0.692 bits per heavy atom. The van der Waals surface area contributed by atoms with E-state index >= 15 is 0 Å². The van der Waals surface area contributed by atoms with E-state index in [1.165, 1.54) is 33.9 Å². The molecule has 26 heavy (non-hydrogen) atoms. The maximum atomic E-state index is 2.32. The maximum absolute atomic E-state index is 2.32. The van der Waals surface area contributed by atoms with Gasteiger partial charge in [-0.2, -0.15) is 0 Å². The molecule has 0 unspecified atom stereocenters. The molecule has 0 spiro atoms. The summed E-state index contributed by atoms with van der Waals surface area (Å²) >= 11 is 23.3. The van der Waals surface area contributed by atoms with Gasteiger partial charge in [-0.05, 0) is 21.6 Å². The lowest BCUT2D eigenvalue weighted by atomic mass is 11.2. The van der Waals surface area contributed by atoms with Crippen molar-refractivity contribution in [3.8, 4) is 0 Å². The molecule has 0 aromatic rings. The van der Waals surface area contributed by atoms with Crippen LogP contribution in [0.4, 0.5) is 0 Å². The van der Waals surface area contributed by atoms with E-state index in [9.17, 15) is 0 Å². The van der Waals surface area contributed by atoms with Gasteiger partial charge in [-0.1, -0.05) is 94.1 Å². The Kier molecular flexibility index (Phi) is 7.78. The molecule has 0 saturated carbocycles. The predicted octanol–water partition coefficient (Wildman–Crippen LogP) is 10.2. The van der Waals surface area contributed by atoms with Gasteiger partial charge in [0.2, 0.25) is 0 Å². The van der Waals surface area contributed by atoms with Gasteiger partial charge in [0, 0.05) is 10.2 Å². The lowest BCUT2D eigenvalue weighted by Gasteiger charge is -2.06. The first-order chi connectivity index (χ1) is 12.8. The summed E-state index contributed by atoms with van der Waals surface area (Å²) in [7, 11) is 0. The van der Waals surface area contributed by atoms with Gasteiger partial charge in [-0.15, -0.1) is 47.0 Å². The molecule has 5 aliphatic heterocycles. The average Bonchev–Trinajstić information content (AvgIpc) is 3.41. The van der Waals surface area contributed by atoms with Crippen LogP contribution in [0.3, 0.4) is 0 Å². The molecule has 8 bridgehead atoms. The minimum Gasteiger partial charge on any atom is -0.107 e. The van der Waals surface area contributed by atoms with Crippen molar-refractivity contribution in [3.05, 3.63) is 55.5 Å². The fourth-order valence-corrected chi connectivity index (χ4v) is 18.4. The van der Waals surface area contributed by atoms with Crippen molar-refractivity contribution in [2.24, 2.45) is 0 Å². The van der Waals surface area contributed by atoms with Gasteiger partial charge in [0.05, 0.1) is 33.9 Å². The van der Waals surface area contributed by atoms with E-state index in [0.717, 1.165) is 10.2 Å². The Bertz CT molecular complexity index is 682. The molecule has 136 valence electrons. The number of hydrogen-bond acceptors (Lipinski definition) is 12. The fourth-order valence-electron chi connectivity index (χ4n) is 1.87. The molecule has 5 rings (SSSR count). The molecule has 0 nitrogen and oxygen atoms in total. The smallest absolute Gasteiger partial charge is 0.0706 e. The van der Waals surface area contributed by atoms with Crippen LogP contribution in [0.15, 0.2) is 55.5 Å². The molecule has 0 aromatic heterocycles. The van der Waals surface area contributed by atoms with E-state index in [1.807, 2.05) is 141 Å². The summed E-state index contributed by atoms with van der Waals surface area (Å²) in [6.45, 7) is 0. The minimum absolute atomic E-state index is 1.09. The first kappa shape index (κ1) is 20.5. The Morgan fingerprint density at radius 1 is 0.423 bits per heavy atom. The molecule has 0 fully saturated rings. The Balaban J connectivity index is 1.31. The van der Waals surface area contributed by atoms with Crippen LogP contribution in [0.2, 0.25) is 0 Å². The van der Waals surface area contributed by atoms with Crippen LogP contribution in [0.25, 0.3) is 0 Å². The molecule has 0 amide bonds. The highest BCUT2D eigenvalue weighted by atomic mass is 32.3. The largest absolute Gasteiger partial charge is 0.107 e. The summed E-state index contributed by atoms with van der Waals surface area (Å²) in [6, 6.07) is 0. The topological polar surface area (TPSA) is 0 Å². The summed E-state index contributed by atoms with van der Waals surface area (Å²) in [5, 5.41) is 11.5. The zero-order chi connectivity index (χ0) is 17.3. The van der Waals surface area contributed by atoms with Gasteiger partial charge in [0.1, 0.15) is 0 Å². The third-order valence-electron chi connectivity index (χ3n) is 2.96. The van der Waals surface area contributed by atoms with Gasteiger partial charge in [-0.25, -0.2) is 0 Å². The van der Waals surface area contributed by atoms with Gasteiger partial charge < -0.3 is 0 Å². The van der Waals surface area contributed by atoms with Crippen LogP contribution in [-0.2, 0) is 0 Å². The molecule has 0 atom stereocenters. The molecule has 5 aliphatic rings. The Labute approximate surface area is 204 Å². The van der Waals surface area contributed by atoms with E-state index in [1.54, 1.807) is 0 Å². The molecular weight excluding hydrogens is 553 g/mol. The normalized spacial score (nSPS) is 32.0. The van der Waals surface area contributed by atoms with Crippen LogP contribution < -0.4 is 0 Å². The minimum atomic E-state index is 1.09. The van der Waals surface area contributed by atoms with Gasteiger partial charge in [0.15, 0.2) is 0 Å². The lowest BCUT2D eigenvalue weighted by Crippen LogP contribution is -1.74. The highest BCUT2D eigenvalue weighted by Gasteiger charge is 2.25. The molecule has 0 aliphatic carbocycles. The number of rotatable bonds is 0. The van der Waals surface area contributed by atoms with Gasteiger partial charge >= 0.3 is 0 Å². The maximum Gasteiger partial charge on any atom is 0.0706 e. The van der Waals surface area contributed by atoms with E-state index < -0.39 is 0 Å². The van der Waals surface area contributed by atoms with E-state index in [-0.39, 0.29) is 0 Å². The molecule has 0 N–H and O–H groups in total.